The van der Waals surface area contributed by atoms with Crippen LogP contribution in [0.25, 0.3) is 0 Å². The van der Waals surface area contributed by atoms with E-state index in [9.17, 15) is 0 Å². The fourth-order valence-corrected chi connectivity index (χ4v) is 2.43. The van der Waals surface area contributed by atoms with Crippen LogP contribution in [0.3, 0.4) is 0 Å². The van der Waals surface area contributed by atoms with Crippen LogP contribution in [0.1, 0.15) is 47.0 Å². The van der Waals surface area contributed by atoms with Crippen LogP contribution in [0.4, 0.5) is 0 Å². The van der Waals surface area contributed by atoms with Gasteiger partial charge in [-0.1, -0.05) is 20.3 Å². The molecule has 0 bridgehead atoms. The topological polar surface area (TPSA) is 24.1 Å². The Bertz CT molecular complexity index is 211. The van der Waals surface area contributed by atoms with Crippen molar-refractivity contribution < 1.29 is 0 Å². The SMILES string of the molecule is CC(C)NC(=S)NC1CCCC1(C)C. The molecule has 1 rings (SSSR count). The minimum Gasteiger partial charge on any atom is -0.361 e. The first-order valence-electron chi connectivity index (χ1n) is 5.49. The van der Waals surface area contributed by atoms with E-state index in [1.54, 1.807) is 0 Å². The lowest BCUT2D eigenvalue weighted by molar-refractivity contribution is 0.310. The normalized spacial score (nSPS) is 25.1. The van der Waals surface area contributed by atoms with E-state index in [4.69, 9.17) is 12.2 Å². The molecular formula is C11H22N2S. The zero-order chi connectivity index (χ0) is 10.8. The summed E-state index contributed by atoms with van der Waals surface area (Å²) in [7, 11) is 0. The largest absolute Gasteiger partial charge is 0.361 e. The maximum Gasteiger partial charge on any atom is 0.166 e. The molecule has 0 spiro atoms. The van der Waals surface area contributed by atoms with E-state index >= 15 is 0 Å². The highest BCUT2D eigenvalue weighted by molar-refractivity contribution is 7.80. The van der Waals surface area contributed by atoms with Gasteiger partial charge in [-0.3, -0.25) is 0 Å². The highest BCUT2D eigenvalue weighted by Crippen LogP contribution is 2.36. The third-order valence-electron chi connectivity index (χ3n) is 2.98. The zero-order valence-electron chi connectivity index (χ0n) is 9.68. The standard InChI is InChI=1S/C11H22N2S/c1-8(2)12-10(14)13-9-6-5-7-11(9,3)4/h8-9H,5-7H2,1-4H3,(H2,12,13,14). The molecule has 1 saturated carbocycles. The van der Waals surface area contributed by atoms with E-state index in [0.717, 1.165) is 5.11 Å². The molecule has 82 valence electrons. The summed E-state index contributed by atoms with van der Waals surface area (Å²) >= 11 is 5.25. The molecule has 0 aromatic carbocycles. The van der Waals surface area contributed by atoms with Crippen molar-refractivity contribution in [1.29, 1.82) is 0 Å². The summed E-state index contributed by atoms with van der Waals surface area (Å²) in [6, 6.07) is 0.959. The van der Waals surface area contributed by atoms with Crippen LogP contribution in [0.15, 0.2) is 0 Å². The lowest BCUT2D eigenvalue weighted by Crippen LogP contribution is -2.47. The number of rotatable bonds is 2. The van der Waals surface area contributed by atoms with Gasteiger partial charge in [0.05, 0.1) is 0 Å². The predicted molar refractivity (Wildman–Crippen MR) is 65.4 cm³/mol. The van der Waals surface area contributed by atoms with Gasteiger partial charge in [-0.2, -0.15) is 0 Å². The van der Waals surface area contributed by atoms with Gasteiger partial charge in [-0.05, 0) is 44.3 Å². The smallest absolute Gasteiger partial charge is 0.166 e. The van der Waals surface area contributed by atoms with E-state index in [1.165, 1.54) is 19.3 Å². The van der Waals surface area contributed by atoms with Crippen molar-refractivity contribution in [2.75, 3.05) is 0 Å². The number of thiocarbonyl (C=S) groups is 1. The summed E-state index contributed by atoms with van der Waals surface area (Å²) in [5.41, 5.74) is 0.392. The van der Waals surface area contributed by atoms with Crippen LogP contribution in [-0.4, -0.2) is 17.2 Å². The molecule has 1 fully saturated rings. The molecule has 1 atom stereocenters. The van der Waals surface area contributed by atoms with Gasteiger partial charge in [0.25, 0.3) is 0 Å². The van der Waals surface area contributed by atoms with Gasteiger partial charge in [0.1, 0.15) is 0 Å². The molecular weight excluding hydrogens is 192 g/mol. The van der Waals surface area contributed by atoms with Gasteiger partial charge < -0.3 is 10.6 Å². The van der Waals surface area contributed by atoms with Crippen LogP contribution in [0.5, 0.6) is 0 Å². The van der Waals surface area contributed by atoms with Crippen LogP contribution in [0, 0.1) is 5.41 Å². The molecule has 1 unspecified atom stereocenters. The molecule has 1 aliphatic carbocycles. The second kappa shape index (κ2) is 4.47. The Labute approximate surface area is 92.8 Å². The number of nitrogens with one attached hydrogen (secondary N) is 2. The Morgan fingerprint density at radius 1 is 1.43 bits per heavy atom. The fraction of sp³-hybridized carbons (Fsp3) is 0.909. The molecule has 2 N–H and O–H groups in total. The van der Waals surface area contributed by atoms with Crippen molar-refractivity contribution >= 4 is 17.3 Å². The van der Waals surface area contributed by atoms with E-state index in [-0.39, 0.29) is 0 Å². The quantitative estimate of drug-likeness (QED) is 0.690. The van der Waals surface area contributed by atoms with Crippen molar-refractivity contribution in [2.24, 2.45) is 5.41 Å². The molecule has 0 amide bonds. The average Bonchev–Trinajstić information content (AvgIpc) is 2.29. The summed E-state index contributed by atoms with van der Waals surface area (Å²) in [6.45, 7) is 8.84. The van der Waals surface area contributed by atoms with Crippen molar-refractivity contribution in [1.82, 2.24) is 10.6 Å². The summed E-state index contributed by atoms with van der Waals surface area (Å²) < 4.78 is 0. The Balaban J connectivity index is 2.40. The number of hydrogen-bond acceptors (Lipinski definition) is 1. The van der Waals surface area contributed by atoms with Crippen molar-refractivity contribution in [2.45, 2.75) is 59.0 Å². The maximum absolute atomic E-state index is 5.25. The summed E-state index contributed by atoms with van der Waals surface area (Å²) in [6.07, 6.45) is 3.86. The zero-order valence-corrected chi connectivity index (χ0v) is 10.5. The Morgan fingerprint density at radius 2 is 2.07 bits per heavy atom. The van der Waals surface area contributed by atoms with Gasteiger partial charge in [0.15, 0.2) is 5.11 Å². The van der Waals surface area contributed by atoms with Crippen molar-refractivity contribution in [3.05, 3.63) is 0 Å². The molecule has 0 aromatic rings. The van der Waals surface area contributed by atoms with Crippen molar-refractivity contribution in [3.63, 3.8) is 0 Å². The highest BCUT2D eigenvalue weighted by atomic mass is 32.1. The molecule has 0 aliphatic heterocycles. The molecule has 1 aliphatic rings. The molecule has 2 nitrogen and oxygen atoms in total. The fourth-order valence-electron chi connectivity index (χ4n) is 2.06. The third-order valence-corrected chi connectivity index (χ3v) is 3.22. The second-order valence-corrected chi connectivity index (χ2v) is 5.61. The van der Waals surface area contributed by atoms with E-state index in [1.807, 2.05) is 0 Å². The summed E-state index contributed by atoms with van der Waals surface area (Å²) in [5, 5.41) is 7.45. The number of hydrogen-bond donors (Lipinski definition) is 2. The first-order valence-corrected chi connectivity index (χ1v) is 5.89. The summed E-state index contributed by atoms with van der Waals surface area (Å²) in [4.78, 5) is 0. The van der Waals surface area contributed by atoms with E-state index in [0.29, 0.717) is 17.5 Å². The van der Waals surface area contributed by atoms with Gasteiger partial charge in [-0.25, -0.2) is 0 Å². The van der Waals surface area contributed by atoms with Crippen molar-refractivity contribution in [3.8, 4) is 0 Å². The van der Waals surface area contributed by atoms with Gasteiger partial charge >= 0.3 is 0 Å². The lowest BCUT2D eigenvalue weighted by atomic mass is 9.87. The molecule has 0 radical (unpaired) electrons. The molecule has 14 heavy (non-hydrogen) atoms. The van der Waals surface area contributed by atoms with Gasteiger partial charge in [0, 0.05) is 12.1 Å². The molecule has 0 heterocycles. The Morgan fingerprint density at radius 3 is 2.50 bits per heavy atom. The van der Waals surface area contributed by atoms with Gasteiger partial charge in [0.2, 0.25) is 0 Å². The third kappa shape index (κ3) is 3.12. The van der Waals surface area contributed by atoms with Gasteiger partial charge in [-0.15, -0.1) is 0 Å². The Kier molecular flexibility index (Phi) is 3.76. The van der Waals surface area contributed by atoms with Crippen LogP contribution in [0.2, 0.25) is 0 Å². The highest BCUT2D eigenvalue weighted by Gasteiger charge is 2.34. The first-order chi connectivity index (χ1) is 6.42. The van der Waals surface area contributed by atoms with E-state index < -0.39 is 0 Å². The lowest BCUT2D eigenvalue weighted by Gasteiger charge is -2.29. The molecule has 0 saturated heterocycles. The van der Waals surface area contributed by atoms with Crippen LogP contribution in [-0.2, 0) is 0 Å². The summed E-state index contributed by atoms with van der Waals surface area (Å²) in [5.74, 6) is 0. The molecule has 3 heteroatoms. The minimum absolute atomic E-state index is 0.392. The average molecular weight is 214 g/mol. The van der Waals surface area contributed by atoms with Crippen LogP contribution >= 0.6 is 12.2 Å². The predicted octanol–water partition coefficient (Wildman–Crippen LogP) is 2.44. The maximum atomic E-state index is 5.25. The minimum atomic E-state index is 0.392. The van der Waals surface area contributed by atoms with Crippen LogP contribution < -0.4 is 10.6 Å². The monoisotopic (exact) mass is 214 g/mol. The second-order valence-electron chi connectivity index (χ2n) is 5.21. The first kappa shape index (κ1) is 11.8. The molecule has 0 aromatic heterocycles. The Hall–Kier alpha value is -0.310. The van der Waals surface area contributed by atoms with E-state index in [2.05, 4.69) is 38.3 Å².